The van der Waals surface area contributed by atoms with Crippen LogP contribution in [0.25, 0.3) is 0 Å². The number of fused-ring (bicyclic) bond motifs is 1. The van der Waals surface area contributed by atoms with Gasteiger partial charge in [-0.2, -0.15) is 23.3 Å². The van der Waals surface area contributed by atoms with Gasteiger partial charge in [-0.1, -0.05) is 0 Å². The molecule has 1 fully saturated rings. The van der Waals surface area contributed by atoms with E-state index >= 15 is 0 Å². The number of rotatable bonds is 1. The van der Waals surface area contributed by atoms with Gasteiger partial charge in [0.15, 0.2) is 0 Å². The molecule has 3 rings (SSSR count). The Morgan fingerprint density at radius 3 is 2.61 bits per heavy atom. The van der Waals surface area contributed by atoms with Crippen molar-refractivity contribution < 1.29 is 18.0 Å². The van der Waals surface area contributed by atoms with E-state index in [0.717, 1.165) is 12.8 Å². The van der Waals surface area contributed by atoms with Crippen molar-refractivity contribution in [1.29, 1.82) is 0 Å². The van der Waals surface area contributed by atoms with Gasteiger partial charge in [0.05, 0.1) is 17.2 Å². The summed E-state index contributed by atoms with van der Waals surface area (Å²) in [5.41, 5.74) is -0.347. The molecule has 0 bridgehead atoms. The number of dihydropyridines is 1. The van der Waals surface area contributed by atoms with Gasteiger partial charge in [-0.3, -0.25) is 9.80 Å². The summed E-state index contributed by atoms with van der Waals surface area (Å²) in [6.45, 7) is 0. The molecule has 0 aromatic rings. The molecule has 0 N–H and O–H groups in total. The molecule has 0 aromatic heterocycles. The molecule has 4 nitrogen and oxygen atoms in total. The highest BCUT2D eigenvalue weighted by Gasteiger charge is 2.51. The van der Waals surface area contributed by atoms with Gasteiger partial charge in [0.1, 0.15) is 5.84 Å². The molecule has 1 saturated carbocycles. The summed E-state index contributed by atoms with van der Waals surface area (Å²) < 4.78 is 39.0. The first kappa shape index (κ1) is 11.4. The Kier molecular flexibility index (Phi) is 2.18. The molecule has 0 saturated heterocycles. The molecule has 18 heavy (non-hydrogen) atoms. The summed E-state index contributed by atoms with van der Waals surface area (Å²) in [6.07, 6.45) is -2.22. The monoisotopic (exact) mass is 257 g/mol. The first-order chi connectivity index (χ1) is 8.38. The summed E-state index contributed by atoms with van der Waals surface area (Å²) >= 11 is 0. The number of amidine groups is 1. The molecule has 0 radical (unpaired) electrons. The van der Waals surface area contributed by atoms with E-state index in [1.54, 1.807) is 0 Å². The minimum absolute atomic E-state index is 0.0942. The van der Waals surface area contributed by atoms with Crippen LogP contribution in [0, 0.1) is 11.8 Å². The number of aliphatic imine (C=N–C) groups is 1. The number of hydrazone groups is 1. The molecule has 1 atom stereocenters. The van der Waals surface area contributed by atoms with E-state index in [9.17, 15) is 18.0 Å². The highest BCUT2D eigenvalue weighted by molar-refractivity contribution is 6.19. The van der Waals surface area contributed by atoms with Gasteiger partial charge in [-0.15, -0.1) is 0 Å². The third-order valence-corrected chi connectivity index (χ3v) is 3.29. The standard InChI is InChI=1S/C11H10F3N3O/c1-17-10-8(9(16-17)5-2-3-5)6(11(12,13)14)4-7(18)15-10/h4-5,8H,2-3H2,1H3. The number of carbonyl (C=O) groups is 1. The predicted octanol–water partition coefficient (Wildman–Crippen LogP) is 1.74. The largest absolute Gasteiger partial charge is 0.413 e. The van der Waals surface area contributed by atoms with Gasteiger partial charge in [0, 0.05) is 19.0 Å². The van der Waals surface area contributed by atoms with Gasteiger partial charge in [0.25, 0.3) is 5.91 Å². The molecule has 1 aliphatic carbocycles. The fourth-order valence-electron chi connectivity index (χ4n) is 2.34. The first-order valence-electron chi connectivity index (χ1n) is 5.61. The molecular formula is C11H10F3N3O. The molecule has 1 unspecified atom stereocenters. The first-order valence-corrected chi connectivity index (χ1v) is 5.61. The van der Waals surface area contributed by atoms with E-state index in [-0.39, 0.29) is 11.8 Å². The molecule has 3 aliphatic rings. The molecule has 0 aromatic carbocycles. The van der Waals surface area contributed by atoms with Crippen LogP contribution in [-0.4, -0.2) is 35.7 Å². The highest BCUT2D eigenvalue weighted by atomic mass is 19.4. The van der Waals surface area contributed by atoms with Crippen molar-refractivity contribution in [3.05, 3.63) is 11.6 Å². The number of halogens is 3. The summed E-state index contributed by atoms with van der Waals surface area (Å²) in [4.78, 5) is 14.9. The Bertz CT molecular complexity index is 514. The van der Waals surface area contributed by atoms with Crippen LogP contribution in [0.15, 0.2) is 21.7 Å². The Labute approximate surface area is 101 Å². The molecule has 2 aliphatic heterocycles. The zero-order chi connectivity index (χ0) is 13.1. The van der Waals surface area contributed by atoms with Crippen LogP contribution in [-0.2, 0) is 4.79 Å². The van der Waals surface area contributed by atoms with Crippen molar-refractivity contribution in [3.8, 4) is 0 Å². The summed E-state index contributed by atoms with van der Waals surface area (Å²) in [7, 11) is 1.52. The third kappa shape index (κ3) is 1.65. The van der Waals surface area contributed by atoms with E-state index in [2.05, 4.69) is 10.1 Å². The molecule has 96 valence electrons. The van der Waals surface area contributed by atoms with Crippen LogP contribution in [0.4, 0.5) is 13.2 Å². The quantitative estimate of drug-likeness (QED) is 0.718. The zero-order valence-corrected chi connectivity index (χ0v) is 9.53. The fraction of sp³-hybridized carbons (Fsp3) is 0.545. The van der Waals surface area contributed by atoms with E-state index in [1.165, 1.54) is 12.1 Å². The maximum Gasteiger partial charge on any atom is 0.413 e. The van der Waals surface area contributed by atoms with Gasteiger partial charge in [0.2, 0.25) is 0 Å². The summed E-state index contributed by atoms with van der Waals surface area (Å²) in [6, 6.07) is 0. The van der Waals surface area contributed by atoms with Crippen LogP contribution in [0.5, 0.6) is 0 Å². The highest BCUT2D eigenvalue weighted by Crippen LogP contribution is 2.44. The molecule has 7 heteroatoms. The molecular weight excluding hydrogens is 247 g/mol. The van der Waals surface area contributed by atoms with Crippen LogP contribution >= 0.6 is 0 Å². The maximum atomic E-state index is 13.0. The lowest BCUT2D eigenvalue weighted by atomic mass is 9.88. The van der Waals surface area contributed by atoms with E-state index in [0.29, 0.717) is 11.8 Å². The van der Waals surface area contributed by atoms with E-state index < -0.39 is 23.6 Å². The number of alkyl halides is 3. The number of hydrogen-bond acceptors (Lipinski definition) is 3. The Hall–Kier alpha value is -1.66. The normalized spacial score (nSPS) is 27.8. The lowest BCUT2D eigenvalue weighted by Crippen LogP contribution is -2.36. The van der Waals surface area contributed by atoms with Gasteiger partial charge in [-0.25, -0.2) is 0 Å². The maximum absolute atomic E-state index is 13.0. The van der Waals surface area contributed by atoms with Gasteiger partial charge in [-0.05, 0) is 12.8 Å². The zero-order valence-electron chi connectivity index (χ0n) is 9.53. The Balaban J connectivity index is 2.06. The van der Waals surface area contributed by atoms with Crippen LogP contribution in [0.2, 0.25) is 0 Å². The summed E-state index contributed by atoms with van der Waals surface area (Å²) in [5.74, 6) is -1.66. The number of amides is 1. The average Bonchev–Trinajstić information content (AvgIpc) is 3.03. The van der Waals surface area contributed by atoms with Crippen molar-refractivity contribution in [1.82, 2.24) is 5.01 Å². The van der Waals surface area contributed by atoms with Crippen molar-refractivity contribution in [3.63, 3.8) is 0 Å². The smallest absolute Gasteiger partial charge is 0.267 e. The Morgan fingerprint density at radius 2 is 2.06 bits per heavy atom. The topological polar surface area (TPSA) is 45.0 Å². The van der Waals surface area contributed by atoms with Crippen molar-refractivity contribution >= 4 is 17.5 Å². The molecule has 0 spiro atoms. The number of hydrogen-bond donors (Lipinski definition) is 0. The lowest BCUT2D eigenvalue weighted by molar-refractivity contribution is -0.116. The molecule has 1 amide bonds. The Morgan fingerprint density at radius 1 is 1.39 bits per heavy atom. The van der Waals surface area contributed by atoms with Gasteiger partial charge >= 0.3 is 6.18 Å². The van der Waals surface area contributed by atoms with Crippen molar-refractivity contribution in [2.24, 2.45) is 21.9 Å². The second kappa shape index (κ2) is 3.43. The van der Waals surface area contributed by atoms with Crippen LogP contribution in [0.3, 0.4) is 0 Å². The second-order valence-electron chi connectivity index (χ2n) is 4.66. The third-order valence-electron chi connectivity index (χ3n) is 3.29. The number of carbonyl (C=O) groups excluding carboxylic acids is 1. The SMILES string of the molecule is CN1N=C(C2CC2)C2C(C(F)(F)F)=CC(=O)N=C21. The molecule has 2 heterocycles. The minimum Gasteiger partial charge on any atom is -0.267 e. The van der Waals surface area contributed by atoms with E-state index in [1.807, 2.05) is 0 Å². The van der Waals surface area contributed by atoms with Crippen molar-refractivity contribution in [2.45, 2.75) is 19.0 Å². The average molecular weight is 257 g/mol. The van der Waals surface area contributed by atoms with Crippen molar-refractivity contribution in [2.75, 3.05) is 7.05 Å². The minimum atomic E-state index is -4.53. The van der Waals surface area contributed by atoms with Crippen LogP contribution < -0.4 is 0 Å². The fourth-order valence-corrected chi connectivity index (χ4v) is 2.34. The lowest BCUT2D eigenvalue weighted by Gasteiger charge is -2.23. The van der Waals surface area contributed by atoms with Gasteiger partial charge < -0.3 is 0 Å². The van der Waals surface area contributed by atoms with E-state index in [4.69, 9.17) is 0 Å². The summed E-state index contributed by atoms with van der Waals surface area (Å²) in [5, 5.41) is 5.41. The number of nitrogens with zero attached hydrogens (tertiary/aromatic N) is 3. The second-order valence-corrected chi connectivity index (χ2v) is 4.66. The van der Waals surface area contributed by atoms with Crippen LogP contribution in [0.1, 0.15) is 12.8 Å². The predicted molar refractivity (Wildman–Crippen MR) is 58.0 cm³/mol.